The number of esters is 1. The van der Waals surface area contributed by atoms with Crippen LogP contribution in [0.25, 0.3) is 0 Å². The molecule has 2 aromatic carbocycles. The number of hydrogen-bond acceptors (Lipinski definition) is 13. The molecule has 2 fully saturated rings. The van der Waals surface area contributed by atoms with Gasteiger partial charge < -0.3 is 54.5 Å². The molecule has 3 heterocycles. The highest BCUT2D eigenvalue weighted by atomic mass is 35.5. The van der Waals surface area contributed by atoms with Crippen LogP contribution in [0, 0.1) is 18.8 Å². The van der Waals surface area contributed by atoms with E-state index in [1.807, 2.05) is 51.1 Å². The molecule has 0 aliphatic carbocycles. The number of ketones is 1. The van der Waals surface area contributed by atoms with E-state index in [4.69, 9.17) is 41.0 Å². The molecule has 2 aromatic rings. The molecule has 3 aliphatic heterocycles. The van der Waals surface area contributed by atoms with Gasteiger partial charge in [0.1, 0.15) is 42.3 Å². The van der Waals surface area contributed by atoms with Gasteiger partial charge in [-0.15, -0.1) is 0 Å². The average molecular weight is 1040 g/mol. The zero-order chi connectivity index (χ0) is 53.9. The molecule has 0 radical (unpaired) electrons. The highest BCUT2D eigenvalue weighted by molar-refractivity contribution is 6.34. The fourth-order valence-electron chi connectivity index (χ4n) is 9.16. The van der Waals surface area contributed by atoms with Crippen molar-refractivity contribution in [2.75, 3.05) is 46.2 Å². The molecular weight excluding hydrogens is 964 g/mol. The van der Waals surface area contributed by atoms with Crippen LogP contribution in [0.5, 0.6) is 0 Å². The Morgan fingerprint density at radius 3 is 2.42 bits per heavy atom. The summed E-state index contributed by atoms with van der Waals surface area (Å²) in [5, 5.41) is 17.2. The maximum atomic E-state index is 14.3. The minimum absolute atomic E-state index is 0.00574. The number of nitrogens with one attached hydrogen (secondary N) is 2. The summed E-state index contributed by atoms with van der Waals surface area (Å²) in [6.07, 6.45) is 1.88. The number of likely N-dealkylation sites (N-methyl/N-ethyl adjacent to an activating group) is 1. The van der Waals surface area contributed by atoms with Crippen LogP contribution < -0.4 is 21.3 Å². The van der Waals surface area contributed by atoms with Gasteiger partial charge in [-0.3, -0.25) is 19.7 Å². The maximum Gasteiger partial charge on any atom is 0.409 e. The maximum absolute atomic E-state index is 14.3. The first-order valence-electron chi connectivity index (χ1n) is 24.7. The number of nitrogens with zero attached hydrogens (tertiary/aromatic N) is 3. The Hall–Kier alpha value is -6.02. The number of aryl methyl sites for hydroxylation is 1. The van der Waals surface area contributed by atoms with Crippen molar-refractivity contribution in [3.8, 4) is 0 Å². The number of halogens is 1. The number of hydrogen-bond donors (Lipinski definition) is 4. The summed E-state index contributed by atoms with van der Waals surface area (Å²) >= 11 is 6.82. The summed E-state index contributed by atoms with van der Waals surface area (Å²) in [6, 6.07) is 9.27. The Labute approximate surface area is 433 Å². The number of methoxy groups -OCH3 is 1. The highest BCUT2D eigenvalue weighted by Crippen LogP contribution is 2.49. The van der Waals surface area contributed by atoms with Gasteiger partial charge in [0.05, 0.1) is 23.2 Å². The number of benzene rings is 2. The number of Topliss-reactive ketones (excluding diaryl/α,β-unsaturated/α-hetero) is 1. The summed E-state index contributed by atoms with van der Waals surface area (Å²) in [5.41, 5.74) is 6.53. The molecule has 0 aromatic heterocycles. The molecule has 9 atom stereocenters. The van der Waals surface area contributed by atoms with Gasteiger partial charge in [-0.2, -0.15) is 0 Å². The van der Waals surface area contributed by atoms with Gasteiger partial charge in [-0.1, -0.05) is 79.6 Å². The third kappa shape index (κ3) is 15.3. The second kappa shape index (κ2) is 25.3. The van der Waals surface area contributed by atoms with Crippen molar-refractivity contribution >= 4 is 59.1 Å². The lowest BCUT2D eigenvalue weighted by Gasteiger charge is -2.42. The Balaban J connectivity index is 1.21. The molecular formula is C53H73ClN6O13. The van der Waals surface area contributed by atoms with Crippen LogP contribution >= 0.6 is 11.6 Å². The number of amides is 6. The lowest BCUT2D eigenvalue weighted by molar-refractivity contribution is -0.162. The summed E-state index contributed by atoms with van der Waals surface area (Å²) in [5.74, 6) is -2.31. The van der Waals surface area contributed by atoms with E-state index in [0.717, 1.165) is 27.8 Å². The molecule has 4 bridgehead atoms. The standard InChI is InChI=1S/C53H73ClN6O13/c1-31-14-11-16-42(69-10)53(68)29-41(71-50(66)57-53)34(4)47-52(6,73-47)43(28-45(63)60(9)39-26-38(24-31)25-33(3)46(39)54)72-48(64)35(5)59(8)44(62)17-13-23-58(7)51(67)70-30-37-20-18-36(19-21-37)27-40(61)32(2)15-12-22-56-49(55)65/h11,14,16,18-21,25-26,32,34-35,41-43,47,68H,12-13,15,17,22-24,27-30H2,1-10H3,(H,57,66)(H3,55,56,65)/b16-11+,31-14+/t32-,34+,35-,41-,42+,43-,47?,52-,53+/m0/s1. The zero-order valence-electron chi connectivity index (χ0n) is 43.7. The van der Waals surface area contributed by atoms with Crippen LogP contribution in [0.3, 0.4) is 0 Å². The third-order valence-electron chi connectivity index (χ3n) is 14.1. The second-order valence-corrected chi connectivity index (χ2v) is 20.3. The van der Waals surface area contributed by atoms with E-state index >= 15 is 0 Å². The SMILES string of the molecule is CO[C@@H]1/C=C/C=C(\C)Cc2cc(C)c(Cl)c(c2)N(C)C(=O)C[C@H](OC(=O)[C@H](C)N(C)C(=O)CCCN(C)C(=O)OCc2ccc(CC(=O)[C@@H](C)CCCNC(N)=O)cc2)[C@]2(C)OC2[C@H](C)[C@@H]2C[C@]1(O)NC(=O)O2. The largest absolute Gasteiger partial charge is 0.457 e. The number of rotatable bonds is 17. The van der Waals surface area contributed by atoms with Crippen molar-refractivity contribution in [3.05, 3.63) is 87.5 Å². The van der Waals surface area contributed by atoms with Crippen LogP contribution in [0.1, 0.15) is 95.4 Å². The number of aliphatic hydroxyl groups is 1. The predicted molar refractivity (Wildman–Crippen MR) is 272 cm³/mol. The number of urea groups is 1. The van der Waals surface area contributed by atoms with Gasteiger partial charge in [0, 0.05) is 72.4 Å². The van der Waals surface area contributed by atoms with E-state index < -0.39 is 83.7 Å². The van der Waals surface area contributed by atoms with Crippen LogP contribution in [-0.4, -0.2) is 140 Å². The monoisotopic (exact) mass is 1040 g/mol. The van der Waals surface area contributed by atoms with Crippen LogP contribution in [0.2, 0.25) is 5.02 Å². The first kappa shape index (κ1) is 57.9. The fraction of sp³-hybridized carbons (Fsp3) is 0.566. The Morgan fingerprint density at radius 2 is 1.75 bits per heavy atom. The minimum Gasteiger partial charge on any atom is -0.457 e. The van der Waals surface area contributed by atoms with E-state index in [-0.39, 0.29) is 57.0 Å². The molecule has 0 saturated carbocycles. The lowest BCUT2D eigenvalue weighted by atomic mass is 9.83. The molecule has 5 N–H and O–H groups in total. The first-order chi connectivity index (χ1) is 34.4. The Kier molecular flexibility index (Phi) is 20.0. The van der Waals surface area contributed by atoms with Gasteiger partial charge in [0.25, 0.3) is 0 Å². The zero-order valence-corrected chi connectivity index (χ0v) is 44.4. The number of anilines is 1. The second-order valence-electron chi connectivity index (χ2n) is 19.9. The fourth-order valence-corrected chi connectivity index (χ4v) is 9.39. The molecule has 73 heavy (non-hydrogen) atoms. The van der Waals surface area contributed by atoms with Gasteiger partial charge in [0.15, 0.2) is 5.72 Å². The van der Waals surface area contributed by atoms with Crippen LogP contribution in [0.4, 0.5) is 20.1 Å². The van der Waals surface area contributed by atoms with E-state index in [1.54, 1.807) is 52.2 Å². The number of fused-ring (bicyclic) bond motifs is 5. The average Bonchev–Trinajstić information content (AvgIpc) is 4.04. The normalized spacial score (nSPS) is 26.1. The molecule has 20 heteroatoms. The van der Waals surface area contributed by atoms with E-state index in [2.05, 4.69) is 10.6 Å². The number of epoxide rings is 1. The van der Waals surface area contributed by atoms with Gasteiger partial charge >= 0.3 is 24.2 Å². The lowest BCUT2D eigenvalue weighted by Crippen LogP contribution is -2.63. The summed E-state index contributed by atoms with van der Waals surface area (Å²) < 4.78 is 29.3. The number of carbonyl (C=O) groups excluding carboxylic acids is 7. The molecule has 19 nitrogen and oxygen atoms in total. The molecule has 1 unspecified atom stereocenters. The molecule has 0 spiro atoms. The van der Waals surface area contributed by atoms with E-state index in [1.165, 1.54) is 35.8 Å². The molecule has 3 aliphatic rings. The Bertz CT molecular complexity index is 2420. The Morgan fingerprint density at radius 1 is 1.07 bits per heavy atom. The van der Waals surface area contributed by atoms with Gasteiger partial charge in [0.2, 0.25) is 11.8 Å². The van der Waals surface area contributed by atoms with Crippen molar-refractivity contribution in [3.63, 3.8) is 0 Å². The quantitative estimate of drug-likeness (QED) is 0.0610. The van der Waals surface area contributed by atoms with E-state index in [0.29, 0.717) is 36.5 Å². The third-order valence-corrected chi connectivity index (χ3v) is 14.6. The number of carbonyl (C=O) groups is 7. The smallest absolute Gasteiger partial charge is 0.409 e. The van der Waals surface area contributed by atoms with Gasteiger partial charge in [-0.25, -0.2) is 19.2 Å². The van der Waals surface area contributed by atoms with Crippen molar-refractivity contribution in [2.45, 2.75) is 141 Å². The van der Waals surface area contributed by atoms with Crippen molar-refractivity contribution in [1.29, 1.82) is 0 Å². The predicted octanol–water partition coefficient (Wildman–Crippen LogP) is 6.06. The van der Waals surface area contributed by atoms with Crippen molar-refractivity contribution in [1.82, 2.24) is 20.4 Å². The molecule has 6 amide bonds. The molecule has 5 rings (SSSR count). The van der Waals surface area contributed by atoms with Crippen LogP contribution in [-0.2, 0) is 62.3 Å². The van der Waals surface area contributed by atoms with Gasteiger partial charge in [-0.05, 0) is 81.7 Å². The van der Waals surface area contributed by atoms with Crippen LogP contribution in [0.15, 0.2) is 60.2 Å². The van der Waals surface area contributed by atoms with Crippen molar-refractivity contribution < 1.29 is 62.4 Å². The minimum atomic E-state index is -1.86. The topological polar surface area (TPSA) is 249 Å². The summed E-state index contributed by atoms with van der Waals surface area (Å²) in [7, 11) is 6.04. The number of alkyl carbamates (subject to hydrolysis) is 1. The molecule has 2 saturated heterocycles. The first-order valence-corrected chi connectivity index (χ1v) is 25.0. The number of allylic oxidation sites excluding steroid dienone is 3. The van der Waals surface area contributed by atoms with Crippen molar-refractivity contribution in [2.24, 2.45) is 17.6 Å². The number of ether oxygens (including phenoxy) is 5. The van der Waals surface area contributed by atoms with E-state index in [9.17, 15) is 38.7 Å². The number of nitrogens with two attached hydrogens (primary N) is 1. The number of primary amides is 1. The highest BCUT2D eigenvalue weighted by Gasteiger charge is 2.64. The summed E-state index contributed by atoms with van der Waals surface area (Å²) in [6.45, 7) is 11.2. The summed E-state index contributed by atoms with van der Waals surface area (Å²) in [4.78, 5) is 95.3. The molecule has 400 valence electrons.